The van der Waals surface area contributed by atoms with Gasteiger partial charge in [-0.3, -0.25) is 0 Å². The van der Waals surface area contributed by atoms with Crippen LogP contribution in [0.15, 0.2) is 36.7 Å². The Balaban J connectivity index is 1.97. The summed E-state index contributed by atoms with van der Waals surface area (Å²) in [6.07, 6.45) is 4.79. The van der Waals surface area contributed by atoms with Crippen LogP contribution in [0.4, 0.5) is 5.95 Å². The Hall–Kier alpha value is -1.48. The van der Waals surface area contributed by atoms with Crippen LogP contribution in [0.25, 0.3) is 0 Å². The van der Waals surface area contributed by atoms with E-state index in [1.165, 1.54) is 5.56 Å². The number of hydrogen-bond donors (Lipinski definition) is 1. The number of halogens is 1. The van der Waals surface area contributed by atoms with Gasteiger partial charge in [0, 0.05) is 30.5 Å². The van der Waals surface area contributed by atoms with Gasteiger partial charge in [-0.05, 0) is 31.0 Å². The second-order valence-electron chi connectivity index (χ2n) is 3.85. The molecule has 1 aromatic heterocycles. The number of hydrogen-bond acceptors (Lipinski definition) is 2. The van der Waals surface area contributed by atoms with Gasteiger partial charge in [-0.1, -0.05) is 23.7 Å². The first-order valence-corrected chi connectivity index (χ1v) is 6.17. The van der Waals surface area contributed by atoms with E-state index in [9.17, 15) is 0 Å². The predicted molar refractivity (Wildman–Crippen MR) is 71.5 cm³/mol. The fraction of sp³-hybridized carbons (Fsp3) is 0.308. The summed E-state index contributed by atoms with van der Waals surface area (Å²) in [6, 6.07) is 7.98. The summed E-state index contributed by atoms with van der Waals surface area (Å²) in [5, 5.41) is 4.01. The highest BCUT2D eigenvalue weighted by molar-refractivity contribution is 6.30. The van der Waals surface area contributed by atoms with Crippen molar-refractivity contribution in [1.82, 2.24) is 9.55 Å². The van der Waals surface area contributed by atoms with Crippen molar-refractivity contribution in [2.45, 2.75) is 19.9 Å². The molecule has 0 saturated heterocycles. The molecule has 0 aliphatic rings. The maximum Gasteiger partial charge on any atom is 0.202 e. The molecule has 1 heterocycles. The fourth-order valence-electron chi connectivity index (χ4n) is 1.72. The van der Waals surface area contributed by atoms with Crippen LogP contribution in [0.5, 0.6) is 0 Å². The molecular weight excluding hydrogens is 234 g/mol. The van der Waals surface area contributed by atoms with Crippen molar-refractivity contribution in [1.29, 1.82) is 0 Å². The van der Waals surface area contributed by atoms with Crippen molar-refractivity contribution in [2.75, 3.05) is 11.9 Å². The lowest BCUT2D eigenvalue weighted by Crippen LogP contribution is -2.08. The third-order valence-corrected chi connectivity index (χ3v) is 2.86. The summed E-state index contributed by atoms with van der Waals surface area (Å²) in [5.74, 6) is 0.932. The van der Waals surface area contributed by atoms with Crippen LogP contribution in [-0.4, -0.2) is 16.1 Å². The lowest BCUT2D eigenvalue weighted by Gasteiger charge is -2.08. The zero-order valence-corrected chi connectivity index (χ0v) is 10.6. The number of nitrogens with zero attached hydrogens (tertiary/aromatic N) is 2. The van der Waals surface area contributed by atoms with Crippen LogP contribution in [0.1, 0.15) is 12.5 Å². The molecule has 0 saturated carbocycles. The number of aryl methyl sites for hydroxylation is 2. The van der Waals surface area contributed by atoms with E-state index in [-0.39, 0.29) is 0 Å². The molecule has 2 aromatic rings. The number of nitrogens with one attached hydrogen (secondary N) is 1. The molecule has 0 amide bonds. The van der Waals surface area contributed by atoms with Gasteiger partial charge >= 0.3 is 0 Å². The van der Waals surface area contributed by atoms with Crippen LogP contribution in [0.3, 0.4) is 0 Å². The Morgan fingerprint density at radius 1 is 1.29 bits per heavy atom. The van der Waals surface area contributed by atoms with Gasteiger partial charge in [0.2, 0.25) is 5.95 Å². The molecule has 0 fully saturated rings. The SMILES string of the molecule is CCNc1nccn1CCc1ccc(Cl)cc1. The fourth-order valence-corrected chi connectivity index (χ4v) is 1.84. The van der Waals surface area contributed by atoms with Crippen molar-refractivity contribution in [2.24, 2.45) is 0 Å². The molecule has 4 heteroatoms. The van der Waals surface area contributed by atoms with E-state index in [4.69, 9.17) is 11.6 Å². The van der Waals surface area contributed by atoms with Crippen LogP contribution in [0.2, 0.25) is 5.02 Å². The molecule has 0 spiro atoms. The predicted octanol–water partition coefficient (Wildman–Crippen LogP) is 3.21. The minimum absolute atomic E-state index is 0.782. The van der Waals surface area contributed by atoms with Crippen LogP contribution >= 0.6 is 11.6 Å². The number of imidazole rings is 1. The molecule has 0 aliphatic carbocycles. The minimum atomic E-state index is 0.782. The van der Waals surface area contributed by atoms with Crippen molar-refractivity contribution >= 4 is 17.5 Å². The van der Waals surface area contributed by atoms with Gasteiger partial charge in [-0.2, -0.15) is 0 Å². The summed E-state index contributed by atoms with van der Waals surface area (Å²) >= 11 is 5.85. The Morgan fingerprint density at radius 2 is 2.06 bits per heavy atom. The largest absolute Gasteiger partial charge is 0.356 e. The van der Waals surface area contributed by atoms with Crippen LogP contribution in [0, 0.1) is 0 Å². The van der Waals surface area contributed by atoms with Gasteiger partial charge in [0.1, 0.15) is 0 Å². The standard InChI is InChI=1S/C13H16ClN3/c1-2-15-13-16-8-10-17(13)9-7-11-3-5-12(14)6-4-11/h3-6,8,10H,2,7,9H2,1H3,(H,15,16). The molecule has 1 aromatic carbocycles. The number of anilines is 1. The molecule has 17 heavy (non-hydrogen) atoms. The number of aromatic nitrogens is 2. The monoisotopic (exact) mass is 249 g/mol. The topological polar surface area (TPSA) is 29.9 Å². The summed E-state index contributed by atoms with van der Waals surface area (Å²) in [5.41, 5.74) is 1.28. The maximum atomic E-state index is 5.85. The summed E-state index contributed by atoms with van der Waals surface area (Å²) < 4.78 is 2.12. The molecule has 0 bridgehead atoms. The summed E-state index contributed by atoms with van der Waals surface area (Å²) in [6.45, 7) is 3.88. The highest BCUT2D eigenvalue weighted by atomic mass is 35.5. The van der Waals surface area contributed by atoms with E-state index in [1.807, 2.05) is 24.5 Å². The van der Waals surface area contributed by atoms with E-state index in [0.29, 0.717) is 0 Å². The van der Waals surface area contributed by atoms with Crippen molar-refractivity contribution in [3.8, 4) is 0 Å². The van der Waals surface area contributed by atoms with Crippen LogP contribution < -0.4 is 5.32 Å². The molecule has 0 aliphatic heterocycles. The second-order valence-corrected chi connectivity index (χ2v) is 4.29. The Kier molecular flexibility index (Phi) is 4.04. The highest BCUT2D eigenvalue weighted by Gasteiger charge is 2.01. The first-order chi connectivity index (χ1) is 8.29. The molecular formula is C13H16ClN3. The second kappa shape index (κ2) is 5.73. The average molecular weight is 250 g/mol. The minimum Gasteiger partial charge on any atom is -0.356 e. The van der Waals surface area contributed by atoms with E-state index < -0.39 is 0 Å². The highest BCUT2D eigenvalue weighted by Crippen LogP contribution is 2.11. The third kappa shape index (κ3) is 3.24. The van der Waals surface area contributed by atoms with Crippen LogP contribution in [-0.2, 0) is 13.0 Å². The van der Waals surface area contributed by atoms with Gasteiger partial charge in [0.15, 0.2) is 0 Å². The Labute approximate surface area is 106 Å². The Bertz CT molecular complexity index is 462. The van der Waals surface area contributed by atoms with E-state index in [2.05, 4.69) is 33.9 Å². The number of benzene rings is 1. The lowest BCUT2D eigenvalue weighted by molar-refractivity contribution is 0.700. The third-order valence-electron chi connectivity index (χ3n) is 2.61. The molecule has 0 atom stereocenters. The normalized spacial score (nSPS) is 10.5. The molecule has 1 N–H and O–H groups in total. The first-order valence-electron chi connectivity index (χ1n) is 5.79. The molecule has 3 nitrogen and oxygen atoms in total. The Morgan fingerprint density at radius 3 is 2.76 bits per heavy atom. The zero-order chi connectivity index (χ0) is 12.1. The molecule has 0 unspecified atom stereocenters. The van der Waals surface area contributed by atoms with Crippen molar-refractivity contribution in [3.63, 3.8) is 0 Å². The molecule has 90 valence electrons. The summed E-state index contributed by atoms with van der Waals surface area (Å²) in [4.78, 5) is 4.26. The number of rotatable bonds is 5. The smallest absolute Gasteiger partial charge is 0.202 e. The molecule has 2 rings (SSSR count). The average Bonchev–Trinajstić information content (AvgIpc) is 2.77. The van der Waals surface area contributed by atoms with Gasteiger partial charge in [-0.15, -0.1) is 0 Å². The quantitative estimate of drug-likeness (QED) is 0.882. The van der Waals surface area contributed by atoms with Gasteiger partial charge in [0.25, 0.3) is 0 Å². The van der Waals surface area contributed by atoms with Crippen molar-refractivity contribution in [3.05, 3.63) is 47.2 Å². The van der Waals surface area contributed by atoms with Crippen molar-refractivity contribution < 1.29 is 0 Å². The van der Waals surface area contributed by atoms with Gasteiger partial charge < -0.3 is 9.88 Å². The molecule has 0 radical (unpaired) electrons. The van der Waals surface area contributed by atoms with Gasteiger partial charge in [0.05, 0.1) is 0 Å². The van der Waals surface area contributed by atoms with E-state index >= 15 is 0 Å². The van der Waals surface area contributed by atoms with Gasteiger partial charge in [-0.25, -0.2) is 4.98 Å². The maximum absolute atomic E-state index is 5.85. The van der Waals surface area contributed by atoms with E-state index in [0.717, 1.165) is 30.5 Å². The van der Waals surface area contributed by atoms with E-state index in [1.54, 1.807) is 0 Å². The summed E-state index contributed by atoms with van der Waals surface area (Å²) in [7, 11) is 0. The first kappa shape index (κ1) is 12.0. The lowest BCUT2D eigenvalue weighted by atomic mass is 10.1. The zero-order valence-electron chi connectivity index (χ0n) is 9.86.